The van der Waals surface area contributed by atoms with Gasteiger partial charge in [-0.25, -0.2) is 10.0 Å². The zero-order valence-corrected chi connectivity index (χ0v) is 17.2. The van der Waals surface area contributed by atoms with Crippen LogP contribution >= 0.6 is 0 Å². The molecule has 0 spiro atoms. The van der Waals surface area contributed by atoms with E-state index in [9.17, 15) is 9.59 Å². The van der Waals surface area contributed by atoms with E-state index in [1.807, 2.05) is 37.3 Å². The molecule has 154 valence electrons. The van der Waals surface area contributed by atoms with Gasteiger partial charge in [-0.3, -0.25) is 9.59 Å². The lowest BCUT2D eigenvalue weighted by atomic mass is 9.87. The second-order valence-corrected chi connectivity index (χ2v) is 8.42. The second kappa shape index (κ2) is 8.89. The molecule has 1 unspecified atom stereocenters. The van der Waals surface area contributed by atoms with E-state index in [2.05, 4.69) is 10.2 Å². The molecule has 0 aromatic heterocycles. The van der Waals surface area contributed by atoms with Crippen LogP contribution in [-0.2, 0) is 9.59 Å². The molecular formula is C23H30N4O2. The highest BCUT2D eigenvalue weighted by Gasteiger charge is 2.37. The third kappa shape index (κ3) is 4.41. The number of rotatable bonds is 2. The Morgan fingerprint density at radius 2 is 1.62 bits per heavy atom. The van der Waals surface area contributed by atoms with Crippen molar-refractivity contribution >= 4 is 28.9 Å². The Morgan fingerprint density at radius 3 is 2.28 bits per heavy atom. The number of carbonyl (C=O) groups excluding carboxylic acids is 2. The summed E-state index contributed by atoms with van der Waals surface area (Å²) < 4.78 is 0. The molecule has 1 aromatic rings. The van der Waals surface area contributed by atoms with Crippen LogP contribution in [0, 0.1) is 5.92 Å². The summed E-state index contributed by atoms with van der Waals surface area (Å²) in [7, 11) is 0. The molecule has 0 radical (unpaired) electrons. The summed E-state index contributed by atoms with van der Waals surface area (Å²) >= 11 is 0. The maximum Gasteiger partial charge on any atom is 0.256 e. The van der Waals surface area contributed by atoms with E-state index < -0.39 is 0 Å². The lowest BCUT2D eigenvalue weighted by Crippen LogP contribution is -2.34. The molecule has 2 fully saturated rings. The number of hydrogen-bond donors (Lipinski definition) is 0. The fraction of sp³-hybridized carbons (Fsp3) is 0.565. The van der Waals surface area contributed by atoms with Crippen molar-refractivity contribution in [2.24, 2.45) is 16.1 Å². The topological polar surface area (TPSA) is 65.3 Å². The van der Waals surface area contributed by atoms with Crippen molar-refractivity contribution in [3.63, 3.8) is 0 Å². The van der Waals surface area contributed by atoms with Gasteiger partial charge in [-0.1, -0.05) is 43.9 Å². The minimum atomic E-state index is 0.0638. The number of benzene rings is 1. The van der Waals surface area contributed by atoms with Gasteiger partial charge >= 0.3 is 0 Å². The number of anilines is 1. The molecule has 5 rings (SSSR count). The SMILES string of the molecule is CC1=NN(C2CCCCC2)C(=O)C1.O=C1C2CCCCC2=NN1c1ccccc1. The number of hydrazone groups is 2. The first-order valence-electron chi connectivity index (χ1n) is 11.0. The van der Waals surface area contributed by atoms with Crippen LogP contribution in [0.25, 0.3) is 0 Å². The summed E-state index contributed by atoms with van der Waals surface area (Å²) in [6.07, 6.45) is 10.9. The first-order chi connectivity index (χ1) is 14.1. The van der Waals surface area contributed by atoms with Gasteiger partial charge in [0.1, 0.15) is 0 Å². The van der Waals surface area contributed by atoms with Crippen molar-refractivity contribution in [2.45, 2.75) is 77.2 Å². The maximum absolute atomic E-state index is 12.2. The Hall–Kier alpha value is -2.50. The van der Waals surface area contributed by atoms with Gasteiger partial charge in [0.05, 0.1) is 29.8 Å². The maximum atomic E-state index is 12.2. The molecule has 0 N–H and O–H groups in total. The Bertz CT molecular complexity index is 811. The number of nitrogens with zero attached hydrogens (tertiary/aromatic N) is 4. The standard InChI is InChI=1S/C13H14N2O.C10H16N2O/c16-13-11-8-4-5-9-12(11)14-15(13)10-6-2-1-3-7-10;1-8-7-10(13)12(11-8)9-5-3-2-4-6-9/h1-3,6-7,11H,4-5,8-9H2;9H,2-7H2,1H3. The van der Waals surface area contributed by atoms with Crippen molar-refractivity contribution in [3.05, 3.63) is 30.3 Å². The summed E-state index contributed by atoms with van der Waals surface area (Å²) in [5.74, 6) is 0.416. The van der Waals surface area contributed by atoms with Crippen LogP contribution in [0.5, 0.6) is 0 Å². The van der Waals surface area contributed by atoms with Crippen LogP contribution in [-0.4, -0.2) is 34.3 Å². The smallest absolute Gasteiger partial charge is 0.256 e. The van der Waals surface area contributed by atoms with Crippen molar-refractivity contribution < 1.29 is 9.59 Å². The fourth-order valence-corrected chi connectivity index (χ4v) is 4.65. The minimum Gasteiger partial charge on any atom is -0.273 e. The van der Waals surface area contributed by atoms with Gasteiger partial charge < -0.3 is 0 Å². The van der Waals surface area contributed by atoms with Crippen LogP contribution < -0.4 is 5.01 Å². The quantitative estimate of drug-likeness (QED) is 0.741. The van der Waals surface area contributed by atoms with Gasteiger partial charge in [0.25, 0.3) is 5.91 Å². The minimum absolute atomic E-state index is 0.0638. The van der Waals surface area contributed by atoms with Gasteiger partial charge in [-0.15, -0.1) is 0 Å². The normalized spacial score (nSPS) is 24.7. The van der Waals surface area contributed by atoms with Crippen LogP contribution in [0.3, 0.4) is 0 Å². The molecule has 2 saturated carbocycles. The van der Waals surface area contributed by atoms with E-state index >= 15 is 0 Å². The zero-order valence-electron chi connectivity index (χ0n) is 17.2. The summed E-state index contributed by atoms with van der Waals surface area (Å²) in [5.41, 5.74) is 2.94. The van der Waals surface area contributed by atoms with E-state index in [1.165, 1.54) is 25.7 Å². The van der Waals surface area contributed by atoms with E-state index in [0.717, 1.165) is 49.2 Å². The van der Waals surface area contributed by atoms with Gasteiger partial charge in [0, 0.05) is 5.71 Å². The van der Waals surface area contributed by atoms with Crippen LogP contribution in [0.1, 0.15) is 71.1 Å². The molecule has 0 bridgehead atoms. The van der Waals surface area contributed by atoms with Gasteiger partial charge in [0.15, 0.2) is 0 Å². The highest BCUT2D eigenvalue weighted by atomic mass is 16.2. The molecular weight excluding hydrogens is 364 g/mol. The predicted molar refractivity (Wildman–Crippen MR) is 115 cm³/mol. The third-order valence-corrected chi connectivity index (χ3v) is 6.18. The number of para-hydroxylation sites is 1. The summed E-state index contributed by atoms with van der Waals surface area (Å²) in [6, 6.07) is 10.1. The third-order valence-electron chi connectivity index (χ3n) is 6.18. The number of hydrogen-bond acceptors (Lipinski definition) is 4. The molecule has 4 aliphatic rings. The van der Waals surface area contributed by atoms with E-state index in [4.69, 9.17) is 0 Å². The number of fused-ring (bicyclic) bond motifs is 1. The van der Waals surface area contributed by atoms with Crippen molar-refractivity contribution in [1.29, 1.82) is 0 Å². The average Bonchev–Trinajstić information content (AvgIpc) is 3.28. The second-order valence-electron chi connectivity index (χ2n) is 8.42. The number of amides is 2. The Balaban J connectivity index is 0.000000145. The zero-order chi connectivity index (χ0) is 20.2. The molecule has 2 aliphatic carbocycles. The highest BCUT2D eigenvalue weighted by Crippen LogP contribution is 2.31. The molecule has 29 heavy (non-hydrogen) atoms. The monoisotopic (exact) mass is 394 g/mol. The first-order valence-corrected chi connectivity index (χ1v) is 11.0. The highest BCUT2D eigenvalue weighted by molar-refractivity contribution is 6.15. The average molecular weight is 395 g/mol. The summed E-state index contributed by atoms with van der Waals surface area (Å²) in [4.78, 5) is 23.6. The first kappa shape index (κ1) is 19.8. The largest absolute Gasteiger partial charge is 0.273 e. The van der Waals surface area contributed by atoms with Crippen molar-refractivity contribution in [1.82, 2.24) is 5.01 Å². The fourth-order valence-electron chi connectivity index (χ4n) is 4.65. The van der Waals surface area contributed by atoms with E-state index in [0.29, 0.717) is 12.5 Å². The molecule has 6 heteroatoms. The summed E-state index contributed by atoms with van der Waals surface area (Å²) in [6.45, 7) is 1.93. The molecule has 2 heterocycles. The van der Waals surface area contributed by atoms with E-state index in [1.54, 1.807) is 10.0 Å². The Morgan fingerprint density at radius 1 is 0.897 bits per heavy atom. The number of carbonyl (C=O) groups is 2. The van der Waals surface area contributed by atoms with Crippen LogP contribution in [0.2, 0.25) is 0 Å². The van der Waals surface area contributed by atoms with Crippen molar-refractivity contribution in [2.75, 3.05) is 5.01 Å². The van der Waals surface area contributed by atoms with Gasteiger partial charge in [-0.2, -0.15) is 10.2 Å². The Kier molecular flexibility index (Phi) is 6.07. The molecule has 1 aromatic carbocycles. The molecule has 0 saturated heterocycles. The van der Waals surface area contributed by atoms with Crippen molar-refractivity contribution in [3.8, 4) is 0 Å². The molecule has 6 nitrogen and oxygen atoms in total. The molecule has 2 aliphatic heterocycles. The summed E-state index contributed by atoms with van der Waals surface area (Å²) in [5, 5.41) is 12.1. The lowest BCUT2D eigenvalue weighted by Gasteiger charge is -2.27. The van der Waals surface area contributed by atoms with Gasteiger partial charge in [-0.05, 0) is 51.2 Å². The lowest BCUT2D eigenvalue weighted by molar-refractivity contribution is -0.131. The van der Waals surface area contributed by atoms with Gasteiger partial charge in [0.2, 0.25) is 5.91 Å². The van der Waals surface area contributed by atoms with Crippen LogP contribution in [0.15, 0.2) is 40.5 Å². The Labute approximate surface area is 172 Å². The van der Waals surface area contributed by atoms with E-state index in [-0.39, 0.29) is 17.7 Å². The molecule has 1 atom stereocenters. The predicted octanol–water partition coefficient (Wildman–Crippen LogP) is 4.51. The van der Waals surface area contributed by atoms with Crippen LogP contribution in [0.4, 0.5) is 5.69 Å². The molecule has 2 amide bonds.